The third-order valence-electron chi connectivity index (χ3n) is 4.66. The van der Waals surface area contributed by atoms with Crippen molar-refractivity contribution in [1.82, 2.24) is 0 Å². The van der Waals surface area contributed by atoms with E-state index < -0.39 is 8.32 Å². The molecule has 1 N–H and O–H groups in total. The fraction of sp³-hybridized carbons (Fsp3) is 0.364. The van der Waals surface area contributed by atoms with Crippen LogP contribution in [0.3, 0.4) is 0 Å². The topological polar surface area (TPSA) is 29.5 Å². The van der Waals surface area contributed by atoms with Crippen molar-refractivity contribution in [2.75, 3.05) is 13.2 Å². The summed E-state index contributed by atoms with van der Waals surface area (Å²) >= 11 is 0. The molecule has 3 heteroatoms. The number of hydrogen-bond donors (Lipinski definition) is 1. The molecule has 0 aliphatic heterocycles. The van der Waals surface area contributed by atoms with E-state index in [1.54, 1.807) is 0 Å². The van der Waals surface area contributed by atoms with Gasteiger partial charge in [-0.15, -0.1) is 0 Å². The average molecular weight is 355 g/mol. The van der Waals surface area contributed by atoms with Gasteiger partial charge in [0.15, 0.2) is 0 Å². The van der Waals surface area contributed by atoms with Gasteiger partial charge in [-0.3, -0.25) is 0 Å². The van der Waals surface area contributed by atoms with Gasteiger partial charge >= 0.3 is 0 Å². The fourth-order valence-corrected chi connectivity index (χ4v) is 7.96. The maximum Gasteiger partial charge on any atom is 0.261 e. The van der Waals surface area contributed by atoms with Crippen LogP contribution >= 0.6 is 0 Å². The number of aliphatic hydroxyl groups excluding tert-OH is 1. The Morgan fingerprint density at radius 1 is 0.920 bits per heavy atom. The van der Waals surface area contributed by atoms with Crippen molar-refractivity contribution in [1.29, 1.82) is 0 Å². The lowest BCUT2D eigenvalue weighted by Gasteiger charge is -2.43. The average Bonchev–Trinajstić information content (AvgIpc) is 2.59. The Bertz CT molecular complexity index is 620. The van der Waals surface area contributed by atoms with Gasteiger partial charge in [-0.2, -0.15) is 0 Å². The van der Waals surface area contributed by atoms with E-state index in [1.165, 1.54) is 10.4 Å². The molecule has 0 heterocycles. The van der Waals surface area contributed by atoms with Crippen LogP contribution in [0, 0.1) is 0 Å². The minimum absolute atomic E-state index is 0.00593. The monoisotopic (exact) mass is 354 g/mol. The second-order valence-corrected chi connectivity index (χ2v) is 11.8. The maximum absolute atomic E-state index is 9.09. The summed E-state index contributed by atoms with van der Waals surface area (Å²) in [6.07, 6.45) is 1.43. The lowest BCUT2D eigenvalue weighted by molar-refractivity contribution is 0.282. The Hall–Kier alpha value is -1.68. The first-order valence-corrected chi connectivity index (χ1v) is 10.8. The molecule has 0 saturated heterocycles. The van der Waals surface area contributed by atoms with E-state index in [2.05, 4.69) is 88.0 Å². The van der Waals surface area contributed by atoms with E-state index in [1.807, 2.05) is 0 Å². The normalized spacial score (nSPS) is 12.2. The summed E-state index contributed by atoms with van der Waals surface area (Å²) in [5, 5.41) is 11.7. The van der Waals surface area contributed by atoms with E-state index in [-0.39, 0.29) is 11.6 Å². The van der Waals surface area contributed by atoms with E-state index in [9.17, 15) is 0 Å². The predicted octanol–water partition coefficient (Wildman–Crippen LogP) is 3.89. The Labute approximate surface area is 153 Å². The summed E-state index contributed by atoms with van der Waals surface area (Å²) in [7, 11) is -2.44. The van der Waals surface area contributed by atoms with Gasteiger partial charge in [-0.1, -0.05) is 93.6 Å². The number of hydrogen-bond acceptors (Lipinski definition) is 2. The zero-order chi connectivity index (χ0) is 18.3. The van der Waals surface area contributed by atoms with Gasteiger partial charge in [0.25, 0.3) is 8.32 Å². The highest BCUT2D eigenvalue weighted by Crippen LogP contribution is 2.36. The molecule has 0 aromatic heterocycles. The van der Waals surface area contributed by atoms with Crippen LogP contribution in [0.25, 0.3) is 0 Å². The minimum atomic E-state index is -2.44. The quantitative estimate of drug-likeness (QED) is 0.576. The SMILES string of the molecule is C=C(CCO)CCO[Si](c1ccccc1)(c1ccccc1)C(C)(C)C. The second kappa shape index (κ2) is 8.61. The van der Waals surface area contributed by atoms with Crippen LogP contribution in [-0.4, -0.2) is 26.6 Å². The lowest BCUT2D eigenvalue weighted by Crippen LogP contribution is -2.66. The maximum atomic E-state index is 9.09. The molecule has 2 aromatic rings. The third-order valence-corrected chi connectivity index (χ3v) is 9.70. The van der Waals surface area contributed by atoms with Crippen LogP contribution in [0.1, 0.15) is 33.6 Å². The van der Waals surface area contributed by atoms with E-state index >= 15 is 0 Å². The molecule has 2 nitrogen and oxygen atoms in total. The first-order chi connectivity index (χ1) is 11.9. The zero-order valence-electron chi connectivity index (χ0n) is 15.7. The standard InChI is InChI=1S/C22H30O2Si/c1-19(15-17-23)16-18-24-25(22(2,3)4,20-11-7-5-8-12-20)21-13-9-6-10-14-21/h5-14,23H,1,15-18H2,2-4H3. The van der Waals surface area contributed by atoms with Crippen molar-refractivity contribution < 1.29 is 9.53 Å². The van der Waals surface area contributed by atoms with Crippen LogP contribution < -0.4 is 10.4 Å². The molecule has 0 amide bonds. The van der Waals surface area contributed by atoms with E-state index in [0.29, 0.717) is 13.0 Å². The zero-order valence-corrected chi connectivity index (χ0v) is 16.7. The summed E-state index contributed by atoms with van der Waals surface area (Å²) in [4.78, 5) is 0. The summed E-state index contributed by atoms with van der Waals surface area (Å²) < 4.78 is 6.78. The van der Waals surface area contributed by atoms with Crippen molar-refractivity contribution in [2.45, 2.75) is 38.7 Å². The molecule has 2 aromatic carbocycles. The van der Waals surface area contributed by atoms with Gasteiger partial charge in [0, 0.05) is 13.2 Å². The van der Waals surface area contributed by atoms with Gasteiger partial charge in [-0.25, -0.2) is 0 Å². The molecule has 0 fully saturated rings. The van der Waals surface area contributed by atoms with Gasteiger partial charge in [0.05, 0.1) is 0 Å². The van der Waals surface area contributed by atoms with Gasteiger partial charge in [-0.05, 0) is 28.3 Å². The molecule has 0 unspecified atom stereocenters. The molecule has 0 atom stereocenters. The first kappa shape index (κ1) is 19.6. The molecule has 25 heavy (non-hydrogen) atoms. The first-order valence-electron chi connectivity index (χ1n) is 8.94. The smallest absolute Gasteiger partial charge is 0.261 e. The summed E-state index contributed by atoms with van der Waals surface area (Å²) in [6, 6.07) is 21.3. The van der Waals surface area contributed by atoms with Crippen molar-refractivity contribution in [3.05, 3.63) is 72.8 Å². The second-order valence-electron chi connectivity index (χ2n) is 7.49. The minimum Gasteiger partial charge on any atom is -0.407 e. The number of benzene rings is 2. The van der Waals surface area contributed by atoms with Gasteiger partial charge in [0.2, 0.25) is 0 Å². The fourth-order valence-electron chi connectivity index (χ4n) is 3.39. The van der Waals surface area contributed by atoms with Crippen LogP contribution in [0.2, 0.25) is 5.04 Å². The number of rotatable bonds is 8. The van der Waals surface area contributed by atoms with E-state index in [0.717, 1.165) is 12.0 Å². The third kappa shape index (κ3) is 4.49. The Kier molecular flexibility index (Phi) is 6.76. The van der Waals surface area contributed by atoms with Gasteiger partial charge < -0.3 is 9.53 Å². The van der Waals surface area contributed by atoms with Crippen molar-refractivity contribution in [3.8, 4) is 0 Å². The Morgan fingerprint density at radius 2 is 1.40 bits per heavy atom. The van der Waals surface area contributed by atoms with Crippen LogP contribution in [0.4, 0.5) is 0 Å². The Balaban J connectivity index is 2.44. The Morgan fingerprint density at radius 3 is 1.80 bits per heavy atom. The lowest BCUT2D eigenvalue weighted by atomic mass is 10.2. The van der Waals surface area contributed by atoms with Crippen molar-refractivity contribution in [3.63, 3.8) is 0 Å². The number of aliphatic hydroxyl groups is 1. The highest BCUT2D eigenvalue weighted by atomic mass is 28.4. The van der Waals surface area contributed by atoms with Crippen LogP contribution in [0.15, 0.2) is 72.8 Å². The summed E-state index contributed by atoms with van der Waals surface area (Å²) in [5.74, 6) is 0. The molecular weight excluding hydrogens is 324 g/mol. The molecule has 0 radical (unpaired) electrons. The molecule has 134 valence electrons. The molecule has 0 aliphatic carbocycles. The largest absolute Gasteiger partial charge is 0.407 e. The van der Waals surface area contributed by atoms with Crippen molar-refractivity contribution >= 4 is 18.7 Å². The summed E-state index contributed by atoms with van der Waals surface area (Å²) in [6.45, 7) is 11.7. The highest BCUT2D eigenvalue weighted by molar-refractivity contribution is 6.99. The highest BCUT2D eigenvalue weighted by Gasteiger charge is 2.49. The van der Waals surface area contributed by atoms with Crippen molar-refractivity contribution in [2.24, 2.45) is 0 Å². The molecule has 0 spiro atoms. The van der Waals surface area contributed by atoms with Crippen LogP contribution in [-0.2, 0) is 4.43 Å². The predicted molar refractivity (Wildman–Crippen MR) is 109 cm³/mol. The van der Waals surface area contributed by atoms with E-state index in [4.69, 9.17) is 9.53 Å². The molecule has 0 bridgehead atoms. The summed E-state index contributed by atoms with van der Waals surface area (Å²) in [5.41, 5.74) is 1.04. The van der Waals surface area contributed by atoms with Crippen LogP contribution in [0.5, 0.6) is 0 Å². The molecule has 0 aliphatic rings. The molecular formula is C22H30O2Si. The molecule has 2 rings (SSSR count). The van der Waals surface area contributed by atoms with Gasteiger partial charge in [0.1, 0.15) is 0 Å². The molecule has 0 saturated carbocycles.